The summed E-state index contributed by atoms with van der Waals surface area (Å²) in [6.07, 6.45) is 8.16. The Morgan fingerprint density at radius 1 is 1.00 bits per heavy atom. The fourth-order valence-electron chi connectivity index (χ4n) is 4.61. The average Bonchev–Trinajstić information content (AvgIpc) is 2.83. The Balaban J connectivity index is 1.70. The number of piperidine rings is 1. The van der Waals surface area contributed by atoms with Gasteiger partial charge in [-0.2, -0.15) is 0 Å². The van der Waals surface area contributed by atoms with Gasteiger partial charge in [0.15, 0.2) is 0 Å². The highest BCUT2D eigenvalue weighted by atomic mass is 79.9. The molecule has 1 aliphatic rings. The van der Waals surface area contributed by atoms with Crippen LogP contribution in [0.25, 0.3) is 0 Å². The summed E-state index contributed by atoms with van der Waals surface area (Å²) < 4.78 is 1.07. The predicted molar refractivity (Wildman–Crippen MR) is 143 cm³/mol. The van der Waals surface area contributed by atoms with Crippen LogP contribution in [-0.4, -0.2) is 41.4 Å². The molecule has 180 valence electrons. The molecule has 2 aromatic carbocycles. The lowest BCUT2D eigenvalue weighted by Gasteiger charge is -2.39. The van der Waals surface area contributed by atoms with Crippen LogP contribution in [0.5, 0.6) is 0 Å². The molecule has 0 unspecified atom stereocenters. The van der Waals surface area contributed by atoms with E-state index in [4.69, 9.17) is 0 Å². The number of likely N-dealkylation sites (tertiary alicyclic amines) is 1. The summed E-state index contributed by atoms with van der Waals surface area (Å²) in [5, 5.41) is 0. The molecule has 1 aliphatic heterocycles. The fourth-order valence-corrected chi connectivity index (χ4v) is 4.87. The minimum Gasteiger partial charge on any atom is -0.331 e. The normalized spacial score (nSPS) is 15.2. The lowest BCUT2D eigenvalue weighted by atomic mass is 9.99. The van der Waals surface area contributed by atoms with Crippen LogP contribution in [0.4, 0.5) is 0 Å². The average molecular weight is 514 g/mol. The molecule has 0 radical (unpaired) electrons. The molecule has 3 nitrogen and oxygen atoms in total. The standard InChI is InChI=1S/C29H41BrN2O/c1-4-5-6-7-24-8-12-26(13-9-24)29(33)32(22-25-10-14-27(30)15-11-25)28-17-20-31(21-18-28)19-16-23(2)3/h8-15,23,28H,4-7,16-22H2,1-3H3. The van der Waals surface area contributed by atoms with Crippen molar-refractivity contribution in [3.63, 3.8) is 0 Å². The highest BCUT2D eigenvalue weighted by Gasteiger charge is 2.28. The van der Waals surface area contributed by atoms with Crippen LogP contribution in [0.15, 0.2) is 53.0 Å². The van der Waals surface area contributed by atoms with Gasteiger partial charge in [-0.1, -0.05) is 73.8 Å². The van der Waals surface area contributed by atoms with E-state index in [2.05, 4.69) is 82.9 Å². The Morgan fingerprint density at radius 2 is 1.64 bits per heavy atom. The number of benzene rings is 2. The highest BCUT2D eigenvalue weighted by molar-refractivity contribution is 9.10. The first-order chi connectivity index (χ1) is 16.0. The molecule has 0 N–H and O–H groups in total. The van der Waals surface area contributed by atoms with Gasteiger partial charge in [0.25, 0.3) is 5.91 Å². The number of carbonyl (C=O) groups excluding carboxylic acids is 1. The number of nitrogens with zero attached hydrogens (tertiary/aromatic N) is 2. The summed E-state index contributed by atoms with van der Waals surface area (Å²) in [5.74, 6) is 0.904. The second kappa shape index (κ2) is 13.3. The molecular weight excluding hydrogens is 472 g/mol. The minimum atomic E-state index is 0.165. The first-order valence-electron chi connectivity index (χ1n) is 12.8. The molecule has 1 saturated heterocycles. The van der Waals surface area contributed by atoms with Crippen LogP contribution in [-0.2, 0) is 13.0 Å². The molecule has 1 amide bonds. The van der Waals surface area contributed by atoms with E-state index in [1.54, 1.807) is 0 Å². The van der Waals surface area contributed by atoms with E-state index in [-0.39, 0.29) is 5.91 Å². The van der Waals surface area contributed by atoms with Crippen LogP contribution in [0.3, 0.4) is 0 Å². The van der Waals surface area contributed by atoms with E-state index in [1.165, 1.54) is 43.4 Å². The van der Waals surface area contributed by atoms with Gasteiger partial charge in [0.1, 0.15) is 0 Å². The predicted octanol–water partition coefficient (Wildman–Crippen LogP) is 7.33. The quantitative estimate of drug-likeness (QED) is 0.294. The van der Waals surface area contributed by atoms with Gasteiger partial charge in [-0.05, 0) is 80.0 Å². The third-order valence-corrected chi connectivity index (χ3v) is 7.35. The van der Waals surface area contributed by atoms with Crippen molar-refractivity contribution in [1.82, 2.24) is 9.80 Å². The van der Waals surface area contributed by atoms with Crippen molar-refractivity contribution >= 4 is 21.8 Å². The lowest BCUT2D eigenvalue weighted by Crippen LogP contribution is -2.47. The molecule has 1 fully saturated rings. The van der Waals surface area contributed by atoms with Crippen LogP contribution >= 0.6 is 15.9 Å². The fraction of sp³-hybridized carbons (Fsp3) is 0.552. The van der Waals surface area contributed by atoms with Gasteiger partial charge in [-0.25, -0.2) is 0 Å². The molecule has 0 bridgehead atoms. The van der Waals surface area contributed by atoms with E-state index in [0.717, 1.165) is 48.3 Å². The zero-order valence-electron chi connectivity index (χ0n) is 20.7. The smallest absolute Gasteiger partial charge is 0.254 e. The Labute approximate surface area is 209 Å². The maximum Gasteiger partial charge on any atom is 0.254 e. The van der Waals surface area contributed by atoms with Gasteiger partial charge in [-0.3, -0.25) is 4.79 Å². The summed E-state index contributed by atoms with van der Waals surface area (Å²) in [4.78, 5) is 18.4. The van der Waals surface area contributed by atoms with Gasteiger partial charge in [0.2, 0.25) is 0 Å². The van der Waals surface area contributed by atoms with Crippen LogP contribution < -0.4 is 0 Å². The number of hydrogen-bond acceptors (Lipinski definition) is 2. The Morgan fingerprint density at radius 3 is 2.24 bits per heavy atom. The van der Waals surface area contributed by atoms with Crippen LogP contribution in [0.1, 0.15) is 80.8 Å². The molecular formula is C29H41BrN2O. The number of aryl methyl sites for hydroxylation is 1. The zero-order chi connectivity index (χ0) is 23.6. The maximum absolute atomic E-state index is 13.7. The molecule has 2 aromatic rings. The van der Waals surface area contributed by atoms with E-state index in [1.807, 2.05) is 12.1 Å². The van der Waals surface area contributed by atoms with E-state index in [9.17, 15) is 4.79 Å². The molecule has 33 heavy (non-hydrogen) atoms. The largest absolute Gasteiger partial charge is 0.331 e. The van der Waals surface area contributed by atoms with Crippen molar-refractivity contribution in [1.29, 1.82) is 0 Å². The monoisotopic (exact) mass is 512 g/mol. The minimum absolute atomic E-state index is 0.165. The third kappa shape index (κ3) is 8.26. The highest BCUT2D eigenvalue weighted by Crippen LogP contribution is 2.23. The molecule has 1 heterocycles. The Kier molecular flexibility index (Phi) is 10.5. The second-order valence-corrected chi connectivity index (χ2v) is 10.9. The Hall–Kier alpha value is -1.65. The Bertz CT molecular complexity index is 839. The van der Waals surface area contributed by atoms with Gasteiger partial charge >= 0.3 is 0 Å². The number of halogens is 1. The molecule has 0 aromatic heterocycles. The van der Waals surface area contributed by atoms with Gasteiger partial charge in [-0.15, -0.1) is 0 Å². The van der Waals surface area contributed by atoms with E-state index >= 15 is 0 Å². The maximum atomic E-state index is 13.7. The molecule has 3 rings (SSSR count). The first kappa shape index (κ1) is 26.0. The molecule has 4 heteroatoms. The summed E-state index contributed by atoms with van der Waals surface area (Å²) in [6, 6.07) is 17.0. The second-order valence-electron chi connectivity index (χ2n) is 9.97. The van der Waals surface area contributed by atoms with Crippen LogP contribution in [0.2, 0.25) is 0 Å². The van der Waals surface area contributed by atoms with E-state index in [0.29, 0.717) is 12.6 Å². The summed E-state index contributed by atoms with van der Waals surface area (Å²) in [5.41, 5.74) is 3.33. The first-order valence-corrected chi connectivity index (χ1v) is 13.6. The van der Waals surface area contributed by atoms with Crippen molar-refractivity contribution in [2.75, 3.05) is 19.6 Å². The summed E-state index contributed by atoms with van der Waals surface area (Å²) in [6.45, 7) is 10.8. The zero-order valence-corrected chi connectivity index (χ0v) is 22.3. The van der Waals surface area contributed by atoms with Crippen molar-refractivity contribution < 1.29 is 4.79 Å². The number of hydrogen-bond donors (Lipinski definition) is 0. The van der Waals surface area contributed by atoms with Gasteiger partial charge in [0, 0.05) is 35.7 Å². The van der Waals surface area contributed by atoms with Crippen LogP contribution in [0, 0.1) is 5.92 Å². The lowest BCUT2D eigenvalue weighted by molar-refractivity contribution is 0.0546. The van der Waals surface area contributed by atoms with Crippen molar-refractivity contribution in [2.24, 2.45) is 5.92 Å². The summed E-state index contributed by atoms with van der Waals surface area (Å²) in [7, 11) is 0. The van der Waals surface area contributed by atoms with Crippen molar-refractivity contribution in [2.45, 2.75) is 78.3 Å². The third-order valence-electron chi connectivity index (χ3n) is 6.82. The molecule has 0 spiro atoms. The SMILES string of the molecule is CCCCCc1ccc(C(=O)N(Cc2ccc(Br)cc2)C2CCN(CCC(C)C)CC2)cc1. The number of unbranched alkanes of at least 4 members (excludes halogenated alkanes) is 2. The van der Waals surface area contributed by atoms with Gasteiger partial charge in [0.05, 0.1) is 0 Å². The topological polar surface area (TPSA) is 23.6 Å². The number of carbonyl (C=O) groups is 1. The van der Waals surface area contributed by atoms with Crippen molar-refractivity contribution in [3.05, 3.63) is 69.7 Å². The van der Waals surface area contributed by atoms with Gasteiger partial charge < -0.3 is 9.80 Å². The number of rotatable bonds is 11. The molecule has 0 aliphatic carbocycles. The number of amides is 1. The van der Waals surface area contributed by atoms with Crippen molar-refractivity contribution in [3.8, 4) is 0 Å². The molecule has 0 saturated carbocycles. The van der Waals surface area contributed by atoms with E-state index < -0.39 is 0 Å². The molecule has 0 atom stereocenters. The summed E-state index contributed by atoms with van der Waals surface area (Å²) >= 11 is 3.53.